The first kappa shape index (κ1) is 13.7. The lowest BCUT2D eigenvalue weighted by Crippen LogP contribution is -2.12. The third-order valence-electron chi connectivity index (χ3n) is 4.06. The molecule has 4 rings (SSSR count). The molecular formula is C18H16N4O. The van der Waals surface area contributed by atoms with Gasteiger partial charge in [-0.2, -0.15) is 0 Å². The summed E-state index contributed by atoms with van der Waals surface area (Å²) in [6, 6.07) is 11.4. The Hall–Kier alpha value is -2.95. The minimum Gasteiger partial charge on any atom is -0.328 e. The number of imidazole rings is 1. The zero-order chi connectivity index (χ0) is 15.6. The molecule has 1 aliphatic rings. The quantitative estimate of drug-likeness (QED) is 0.808. The van der Waals surface area contributed by atoms with Crippen molar-refractivity contribution in [3.63, 3.8) is 0 Å². The van der Waals surface area contributed by atoms with Gasteiger partial charge in [0, 0.05) is 36.6 Å². The lowest BCUT2D eigenvalue weighted by atomic mass is 10.1. The van der Waals surface area contributed by atoms with E-state index in [2.05, 4.69) is 19.9 Å². The van der Waals surface area contributed by atoms with Gasteiger partial charge in [-0.15, -0.1) is 0 Å². The largest absolute Gasteiger partial charge is 0.328 e. The number of hydrogen-bond donors (Lipinski definition) is 1. The van der Waals surface area contributed by atoms with Crippen molar-refractivity contribution in [1.29, 1.82) is 0 Å². The summed E-state index contributed by atoms with van der Waals surface area (Å²) >= 11 is 0. The minimum absolute atomic E-state index is 0.159. The highest BCUT2D eigenvalue weighted by Crippen LogP contribution is 2.27. The van der Waals surface area contributed by atoms with Gasteiger partial charge < -0.3 is 9.88 Å². The van der Waals surface area contributed by atoms with Crippen molar-refractivity contribution >= 4 is 11.6 Å². The van der Waals surface area contributed by atoms with Crippen molar-refractivity contribution in [3.05, 3.63) is 66.4 Å². The van der Waals surface area contributed by atoms with Gasteiger partial charge in [0.25, 0.3) is 5.91 Å². The first-order valence-electron chi connectivity index (χ1n) is 7.67. The summed E-state index contributed by atoms with van der Waals surface area (Å²) in [6.07, 6.45) is 7.31. The normalized spacial score (nSPS) is 12.9. The second-order valence-corrected chi connectivity index (χ2v) is 5.59. The Morgan fingerprint density at radius 2 is 2.13 bits per heavy atom. The van der Waals surface area contributed by atoms with Gasteiger partial charge in [-0.25, -0.2) is 4.98 Å². The number of benzene rings is 1. The Morgan fingerprint density at radius 1 is 1.17 bits per heavy atom. The maximum absolute atomic E-state index is 12.2. The average molecular weight is 304 g/mol. The van der Waals surface area contributed by atoms with Gasteiger partial charge >= 0.3 is 0 Å². The van der Waals surface area contributed by atoms with E-state index in [1.807, 2.05) is 30.5 Å². The van der Waals surface area contributed by atoms with Crippen LogP contribution in [0.15, 0.2) is 55.0 Å². The van der Waals surface area contributed by atoms with E-state index in [0.717, 1.165) is 42.2 Å². The molecule has 0 saturated heterocycles. The molecule has 0 saturated carbocycles. The van der Waals surface area contributed by atoms with Gasteiger partial charge in [-0.3, -0.25) is 9.78 Å². The maximum Gasteiger partial charge on any atom is 0.257 e. The zero-order valence-corrected chi connectivity index (χ0v) is 12.6. The van der Waals surface area contributed by atoms with Crippen LogP contribution in [0.2, 0.25) is 0 Å². The van der Waals surface area contributed by atoms with Crippen molar-refractivity contribution in [2.24, 2.45) is 0 Å². The molecular weight excluding hydrogens is 288 g/mol. The fraction of sp³-hybridized carbons (Fsp3) is 0.167. The number of nitrogens with zero attached hydrogens (tertiary/aromatic N) is 3. The number of aryl methyl sites for hydroxylation is 1. The van der Waals surface area contributed by atoms with Crippen molar-refractivity contribution < 1.29 is 4.79 Å². The second-order valence-electron chi connectivity index (χ2n) is 5.59. The summed E-state index contributed by atoms with van der Waals surface area (Å²) in [4.78, 5) is 20.7. The number of pyridine rings is 1. The Kier molecular flexibility index (Phi) is 3.38. The van der Waals surface area contributed by atoms with E-state index in [1.54, 1.807) is 24.5 Å². The average Bonchev–Trinajstić information content (AvgIpc) is 3.19. The van der Waals surface area contributed by atoms with E-state index in [0.29, 0.717) is 5.56 Å². The number of carbonyl (C=O) groups is 1. The summed E-state index contributed by atoms with van der Waals surface area (Å²) in [5.41, 5.74) is 3.48. The van der Waals surface area contributed by atoms with E-state index in [9.17, 15) is 4.79 Å². The van der Waals surface area contributed by atoms with Crippen LogP contribution < -0.4 is 5.32 Å². The van der Waals surface area contributed by atoms with Gasteiger partial charge in [0.05, 0.1) is 17.5 Å². The van der Waals surface area contributed by atoms with E-state index < -0.39 is 0 Å². The number of anilines is 1. The van der Waals surface area contributed by atoms with E-state index in [-0.39, 0.29) is 5.91 Å². The summed E-state index contributed by atoms with van der Waals surface area (Å²) < 4.78 is 2.25. The van der Waals surface area contributed by atoms with Gasteiger partial charge in [-0.1, -0.05) is 12.1 Å². The third kappa shape index (κ3) is 2.61. The molecule has 3 heterocycles. The molecule has 0 fully saturated rings. The molecule has 0 atom stereocenters. The predicted molar refractivity (Wildman–Crippen MR) is 88.2 cm³/mol. The minimum atomic E-state index is -0.159. The molecule has 1 amide bonds. The molecule has 5 heteroatoms. The van der Waals surface area contributed by atoms with Crippen LogP contribution in [0.5, 0.6) is 0 Å². The Morgan fingerprint density at radius 3 is 3.00 bits per heavy atom. The third-order valence-corrected chi connectivity index (χ3v) is 4.06. The van der Waals surface area contributed by atoms with E-state index in [4.69, 9.17) is 0 Å². The molecule has 2 aromatic heterocycles. The monoisotopic (exact) mass is 304 g/mol. The summed E-state index contributed by atoms with van der Waals surface area (Å²) in [6.45, 7) is 1.01. The van der Waals surface area contributed by atoms with Crippen LogP contribution in [0.1, 0.15) is 22.6 Å². The predicted octanol–water partition coefficient (Wildman–Crippen LogP) is 3.14. The maximum atomic E-state index is 12.2. The molecule has 0 aliphatic carbocycles. The zero-order valence-electron chi connectivity index (χ0n) is 12.6. The van der Waals surface area contributed by atoms with Crippen LogP contribution >= 0.6 is 0 Å². The SMILES string of the molecule is O=C(Nc1cccc(-c2cnc3n2CCC3)c1)c1cccnc1. The van der Waals surface area contributed by atoms with Gasteiger partial charge in [0.2, 0.25) is 0 Å². The van der Waals surface area contributed by atoms with Crippen LogP contribution in [-0.2, 0) is 13.0 Å². The van der Waals surface area contributed by atoms with Gasteiger partial charge in [0.15, 0.2) is 0 Å². The summed E-state index contributed by atoms with van der Waals surface area (Å²) in [5.74, 6) is 0.985. The molecule has 1 aromatic carbocycles. The number of aromatic nitrogens is 3. The van der Waals surface area contributed by atoms with Gasteiger partial charge in [-0.05, 0) is 30.7 Å². The van der Waals surface area contributed by atoms with Crippen molar-refractivity contribution in [2.75, 3.05) is 5.32 Å². The highest BCUT2D eigenvalue weighted by molar-refractivity contribution is 6.04. The highest BCUT2D eigenvalue weighted by atomic mass is 16.1. The topological polar surface area (TPSA) is 59.8 Å². The van der Waals surface area contributed by atoms with Crippen molar-refractivity contribution in [1.82, 2.24) is 14.5 Å². The van der Waals surface area contributed by atoms with Crippen LogP contribution in [0.3, 0.4) is 0 Å². The molecule has 1 aliphatic heterocycles. The second kappa shape index (κ2) is 5.68. The fourth-order valence-corrected chi connectivity index (χ4v) is 2.95. The number of nitrogens with one attached hydrogen (secondary N) is 1. The van der Waals surface area contributed by atoms with Crippen LogP contribution in [0.25, 0.3) is 11.3 Å². The molecule has 0 unspecified atom stereocenters. The molecule has 1 N–H and O–H groups in total. The molecule has 0 bridgehead atoms. The molecule has 5 nitrogen and oxygen atoms in total. The molecule has 0 spiro atoms. The first-order chi connectivity index (χ1) is 11.3. The molecule has 23 heavy (non-hydrogen) atoms. The number of rotatable bonds is 3. The first-order valence-corrected chi connectivity index (χ1v) is 7.67. The number of fused-ring (bicyclic) bond motifs is 1. The van der Waals surface area contributed by atoms with Crippen molar-refractivity contribution in [2.45, 2.75) is 19.4 Å². The summed E-state index contributed by atoms with van der Waals surface area (Å²) in [7, 11) is 0. The number of carbonyl (C=O) groups excluding carboxylic acids is 1. The molecule has 3 aromatic rings. The molecule has 0 radical (unpaired) electrons. The van der Waals surface area contributed by atoms with Crippen LogP contribution in [-0.4, -0.2) is 20.4 Å². The Labute approximate surface area is 134 Å². The fourth-order valence-electron chi connectivity index (χ4n) is 2.95. The number of amides is 1. The van der Waals surface area contributed by atoms with Crippen molar-refractivity contribution in [3.8, 4) is 11.3 Å². The Balaban J connectivity index is 1.60. The van der Waals surface area contributed by atoms with Crippen LogP contribution in [0.4, 0.5) is 5.69 Å². The standard InChI is InChI=1S/C18H16N4O/c23-18(14-5-2-8-19-11-14)21-15-6-1-4-13(10-15)16-12-20-17-7-3-9-22(16)17/h1-2,4-6,8,10-12H,3,7,9H2,(H,21,23). The molecule has 114 valence electrons. The number of hydrogen-bond acceptors (Lipinski definition) is 3. The van der Waals surface area contributed by atoms with E-state index in [1.165, 1.54) is 0 Å². The smallest absolute Gasteiger partial charge is 0.257 e. The van der Waals surface area contributed by atoms with Crippen LogP contribution in [0, 0.1) is 0 Å². The summed E-state index contributed by atoms with van der Waals surface area (Å²) in [5, 5.41) is 2.92. The lowest BCUT2D eigenvalue weighted by molar-refractivity contribution is 0.102. The lowest BCUT2D eigenvalue weighted by Gasteiger charge is -2.09. The Bertz CT molecular complexity index is 854. The van der Waals surface area contributed by atoms with E-state index >= 15 is 0 Å². The van der Waals surface area contributed by atoms with Gasteiger partial charge in [0.1, 0.15) is 5.82 Å². The highest BCUT2D eigenvalue weighted by Gasteiger charge is 2.16.